The number of carbonyl (C=O) groups is 2. The molecule has 2 aromatic rings. The fraction of sp³-hybridized carbons (Fsp3) is 0.545. The molecule has 0 bridgehead atoms. The maximum Gasteiger partial charge on any atom is 0.305 e. The van der Waals surface area contributed by atoms with Crippen LogP contribution in [-0.4, -0.2) is 45.5 Å². The molecule has 0 radical (unpaired) electrons. The van der Waals surface area contributed by atoms with Gasteiger partial charge in [0, 0.05) is 17.7 Å². The number of rotatable bonds is 10. The van der Waals surface area contributed by atoms with Crippen molar-refractivity contribution in [3.05, 3.63) is 28.6 Å². The molecule has 0 N–H and O–H groups in total. The standard InChI is InChI=1S/C22H28O6S/c1-25-18-14-19-16(13-20(29-19)17(23)8-9-21(24)26-2)12-15(18)6-5-11-28-22-7-3-4-10-27-22/h12-14,22H,3-11H2,1-2H3. The van der Waals surface area contributed by atoms with Gasteiger partial charge in [0.2, 0.25) is 0 Å². The van der Waals surface area contributed by atoms with E-state index in [1.54, 1.807) is 7.11 Å². The molecule has 1 aliphatic heterocycles. The lowest BCUT2D eigenvalue weighted by Gasteiger charge is -2.22. The van der Waals surface area contributed by atoms with E-state index in [1.807, 2.05) is 12.1 Å². The molecular weight excluding hydrogens is 392 g/mol. The first-order valence-corrected chi connectivity index (χ1v) is 10.9. The van der Waals surface area contributed by atoms with E-state index in [0.717, 1.165) is 60.1 Å². The highest BCUT2D eigenvalue weighted by Gasteiger charge is 2.16. The molecule has 1 atom stereocenters. The second-order valence-electron chi connectivity index (χ2n) is 7.08. The van der Waals surface area contributed by atoms with Crippen LogP contribution in [0.3, 0.4) is 0 Å². The molecule has 3 rings (SSSR count). The van der Waals surface area contributed by atoms with Gasteiger partial charge in [-0.2, -0.15) is 0 Å². The van der Waals surface area contributed by atoms with Gasteiger partial charge < -0.3 is 18.9 Å². The van der Waals surface area contributed by atoms with E-state index < -0.39 is 0 Å². The Balaban J connectivity index is 1.61. The van der Waals surface area contributed by atoms with Crippen LogP contribution in [0.5, 0.6) is 5.75 Å². The Kier molecular flexibility index (Phi) is 8.03. The third-order valence-electron chi connectivity index (χ3n) is 5.01. The van der Waals surface area contributed by atoms with Crippen molar-refractivity contribution in [1.29, 1.82) is 0 Å². The van der Waals surface area contributed by atoms with Crippen LogP contribution < -0.4 is 4.74 Å². The van der Waals surface area contributed by atoms with Gasteiger partial charge in [0.05, 0.1) is 32.1 Å². The Morgan fingerprint density at radius 2 is 2.03 bits per heavy atom. The molecule has 7 heteroatoms. The quantitative estimate of drug-likeness (QED) is 0.320. The molecule has 0 spiro atoms. The van der Waals surface area contributed by atoms with Gasteiger partial charge in [-0.1, -0.05) is 0 Å². The fourth-order valence-electron chi connectivity index (χ4n) is 3.40. The molecule has 1 aliphatic rings. The highest BCUT2D eigenvalue weighted by Crippen LogP contribution is 2.33. The molecule has 1 aromatic carbocycles. The summed E-state index contributed by atoms with van der Waals surface area (Å²) in [5.74, 6) is 0.407. The first-order chi connectivity index (χ1) is 14.1. The summed E-state index contributed by atoms with van der Waals surface area (Å²) in [6.45, 7) is 1.43. The first-order valence-electron chi connectivity index (χ1n) is 10.0. The van der Waals surface area contributed by atoms with Crippen molar-refractivity contribution < 1.29 is 28.5 Å². The van der Waals surface area contributed by atoms with Gasteiger partial charge in [-0.05, 0) is 61.3 Å². The SMILES string of the molecule is COC(=O)CCC(=O)c1cc2cc(CCCOC3CCCCO3)c(OC)cc2s1. The average molecular weight is 421 g/mol. The monoisotopic (exact) mass is 420 g/mol. The number of hydrogen-bond acceptors (Lipinski definition) is 7. The smallest absolute Gasteiger partial charge is 0.305 e. The third-order valence-corrected chi connectivity index (χ3v) is 6.15. The van der Waals surface area contributed by atoms with Gasteiger partial charge in [0.25, 0.3) is 0 Å². The Bertz CT molecular complexity index is 837. The molecule has 158 valence electrons. The van der Waals surface area contributed by atoms with Crippen molar-refractivity contribution in [2.45, 2.75) is 51.2 Å². The van der Waals surface area contributed by atoms with Gasteiger partial charge in [-0.3, -0.25) is 9.59 Å². The Morgan fingerprint density at radius 1 is 1.17 bits per heavy atom. The van der Waals surface area contributed by atoms with Crippen LogP contribution in [0.25, 0.3) is 10.1 Å². The predicted molar refractivity (Wildman–Crippen MR) is 112 cm³/mol. The van der Waals surface area contributed by atoms with Crippen molar-refractivity contribution >= 4 is 33.2 Å². The van der Waals surface area contributed by atoms with Gasteiger partial charge in [-0.25, -0.2) is 0 Å². The number of esters is 1. The fourth-order valence-corrected chi connectivity index (χ4v) is 4.44. The van der Waals surface area contributed by atoms with Crippen molar-refractivity contribution in [3.8, 4) is 5.75 Å². The zero-order valence-electron chi connectivity index (χ0n) is 17.0. The molecule has 0 aliphatic carbocycles. The third kappa shape index (κ3) is 6.01. The van der Waals surface area contributed by atoms with Gasteiger partial charge in [0.15, 0.2) is 12.1 Å². The minimum atomic E-state index is -0.371. The first kappa shape index (κ1) is 21.7. The van der Waals surface area contributed by atoms with E-state index in [2.05, 4.69) is 10.8 Å². The Hall–Kier alpha value is -1.96. The topological polar surface area (TPSA) is 71.1 Å². The summed E-state index contributed by atoms with van der Waals surface area (Å²) in [7, 11) is 2.99. The van der Waals surface area contributed by atoms with E-state index >= 15 is 0 Å². The zero-order valence-corrected chi connectivity index (χ0v) is 17.8. The van der Waals surface area contributed by atoms with Crippen LogP contribution in [0.2, 0.25) is 0 Å². The molecule has 29 heavy (non-hydrogen) atoms. The van der Waals surface area contributed by atoms with E-state index in [9.17, 15) is 9.59 Å². The molecule has 1 saturated heterocycles. The van der Waals surface area contributed by atoms with E-state index in [4.69, 9.17) is 14.2 Å². The maximum atomic E-state index is 12.4. The van der Waals surface area contributed by atoms with Crippen LogP contribution in [0.15, 0.2) is 18.2 Å². The van der Waals surface area contributed by atoms with Crippen LogP contribution >= 0.6 is 11.3 Å². The summed E-state index contributed by atoms with van der Waals surface area (Å²) >= 11 is 1.43. The van der Waals surface area contributed by atoms with Crippen LogP contribution in [0, 0.1) is 0 Å². The molecule has 0 saturated carbocycles. The van der Waals surface area contributed by atoms with Gasteiger partial charge in [-0.15, -0.1) is 11.3 Å². The van der Waals surface area contributed by atoms with Crippen molar-refractivity contribution in [3.63, 3.8) is 0 Å². The molecule has 1 fully saturated rings. The zero-order chi connectivity index (χ0) is 20.6. The number of fused-ring (bicyclic) bond motifs is 1. The normalized spacial score (nSPS) is 16.7. The van der Waals surface area contributed by atoms with Crippen molar-refractivity contribution in [2.24, 2.45) is 0 Å². The van der Waals surface area contributed by atoms with Gasteiger partial charge >= 0.3 is 5.97 Å². The van der Waals surface area contributed by atoms with E-state index in [-0.39, 0.29) is 30.9 Å². The molecule has 6 nitrogen and oxygen atoms in total. The summed E-state index contributed by atoms with van der Waals surface area (Å²) in [6, 6.07) is 5.96. The molecule has 0 amide bonds. The van der Waals surface area contributed by atoms with Crippen molar-refractivity contribution in [1.82, 2.24) is 0 Å². The van der Waals surface area contributed by atoms with Crippen molar-refractivity contribution in [2.75, 3.05) is 27.4 Å². The van der Waals surface area contributed by atoms with E-state index in [0.29, 0.717) is 11.5 Å². The summed E-state index contributed by atoms with van der Waals surface area (Å²) < 4.78 is 22.6. The number of ether oxygens (including phenoxy) is 4. The van der Waals surface area contributed by atoms with Crippen LogP contribution in [0.4, 0.5) is 0 Å². The number of methoxy groups -OCH3 is 2. The summed E-state index contributed by atoms with van der Waals surface area (Å²) in [4.78, 5) is 24.3. The second kappa shape index (κ2) is 10.7. The second-order valence-corrected chi connectivity index (χ2v) is 8.17. The number of benzene rings is 1. The number of hydrogen-bond donors (Lipinski definition) is 0. The van der Waals surface area contributed by atoms with Crippen LogP contribution in [-0.2, 0) is 25.4 Å². The molecular formula is C22H28O6S. The average Bonchev–Trinajstić information content (AvgIpc) is 3.17. The molecule has 2 heterocycles. The number of ketones is 1. The minimum Gasteiger partial charge on any atom is -0.496 e. The largest absolute Gasteiger partial charge is 0.496 e. The predicted octanol–water partition coefficient (Wildman–Crippen LogP) is 4.52. The lowest BCUT2D eigenvalue weighted by atomic mass is 10.1. The van der Waals surface area contributed by atoms with Crippen LogP contribution in [0.1, 0.15) is 53.8 Å². The maximum absolute atomic E-state index is 12.4. The number of thiophene rings is 1. The Morgan fingerprint density at radius 3 is 2.76 bits per heavy atom. The number of aryl methyl sites for hydroxylation is 1. The summed E-state index contributed by atoms with van der Waals surface area (Å²) in [6.07, 6.45) is 5.14. The summed E-state index contributed by atoms with van der Waals surface area (Å²) in [5.41, 5.74) is 1.10. The summed E-state index contributed by atoms with van der Waals surface area (Å²) in [5, 5.41) is 1.02. The Labute approximate surface area is 175 Å². The highest BCUT2D eigenvalue weighted by molar-refractivity contribution is 7.20. The minimum absolute atomic E-state index is 0.0435. The van der Waals surface area contributed by atoms with Gasteiger partial charge in [0.1, 0.15) is 5.75 Å². The molecule has 1 unspecified atom stereocenters. The number of Topliss-reactive ketones (excluding diaryl/α,β-unsaturated/α-hetero) is 1. The number of carbonyl (C=O) groups excluding carboxylic acids is 2. The lowest BCUT2D eigenvalue weighted by molar-refractivity contribution is -0.162. The molecule has 1 aromatic heterocycles. The van der Waals surface area contributed by atoms with E-state index in [1.165, 1.54) is 18.4 Å². The highest BCUT2D eigenvalue weighted by atomic mass is 32.1. The lowest BCUT2D eigenvalue weighted by Crippen LogP contribution is -2.22.